The number of thiophene rings is 1. The van der Waals surface area contributed by atoms with Crippen molar-refractivity contribution in [3.63, 3.8) is 0 Å². The Bertz CT molecular complexity index is 670. The fourth-order valence-corrected chi connectivity index (χ4v) is 2.58. The Morgan fingerprint density at radius 3 is 2.90 bits per heavy atom. The summed E-state index contributed by atoms with van der Waals surface area (Å²) >= 11 is 7.35. The topological polar surface area (TPSA) is 49.3 Å². The quantitative estimate of drug-likeness (QED) is 0.857. The van der Waals surface area contributed by atoms with Crippen molar-refractivity contribution in [1.29, 1.82) is 0 Å². The fraction of sp³-hybridized carbons (Fsp3) is 0.133. The van der Waals surface area contributed by atoms with E-state index in [0.717, 1.165) is 5.56 Å². The minimum Gasteiger partial charge on any atom is -0.384 e. The van der Waals surface area contributed by atoms with E-state index in [1.807, 2.05) is 18.2 Å². The number of amides is 1. The maximum Gasteiger partial charge on any atom is 0.262 e. The number of nitrogens with one attached hydrogen (secondary N) is 1. The van der Waals surface area contributed by atoms with Crippen LogP contribution >= 0.6 is 22.9 Å². The molecule has 0 saturated carbocycles. The van der Waals surface area contributed by atoms with E-state index >= 15 is 0 Å². The van der Waals surface area contributed by atoms with Crippen LogP contribution in [-0.4, -0.2) is 17.6 Å². The fourth-order valence-electron chi connectivity index (χ4n) is 1.62. The summed E-state index contributed by atoms with van der Waals surface area (Å²) in [7, 11) is 0. The molecule has 0 aliphatic rings. The summed E-state index contributed by atoms with van der Waals surface area (Å²) in [5.41, 5.74) is 1.49. The molecule has 2 aromatic rings. The van der Waals surface area contributed by atoms with Crippen molar-refractivity contribution in [3.05, 3.63) is 56.7 Å². The third-order valence-corrected chi connectivity index (χ3v) is 3.85. The molecule has 5 heteroatoms. The minimum atomic E-state index is -0.226. The van der Waals surface area contributed by atoms with Gasteiger partial charge >= 0.3 is 0 Å². The van der Waals surface area contributed by atoms with Crippen molar-refractivity contribution in [2.45, 2.75) is 6.54 Å². The van der Waals surface area contributed by atoms with Crippen molar-refractivity contribution in [2.24, 2.45) is 0 Å². The van der Waals surface area contributed by atoms with Crippen LogP contribution in [-0.2, 0) is 6.54 Å². The molecule has 0 radical (unpaired) electrons. The molecule has 0 spiro atoms. The molecule has 0 fully saturated rings. The third kappa shape index (κ3) is 3.61. The highest BCUT2D eigenvalue weighted by Crippen LogP contribution is 2.17. The summed E-state index contributed by atoms with van der Waals surface area (Å²) < 4.78 is 0. The van der Waals surface area contributed by atoms with E-state index in [-0.39, 0.29) is 12.5 Å². The van der Waals surface area contributed by atoms with Crippen molar-refractivity contribution < 1.29 is 9.90 Å². The highest BCUT2D eigenvalue weighted by Gasteiger charge is 2.12. The molecule has 2 rings (SSSR count). The van der Waals surface area contributed by atoms with Crippen LogP contribution in [0.5, 0.6) is 0 Å². The van der Waals surface area contributed by atoms with E-state index in [2.05, 4.69) is 17.2 Å². The van der Waals surface area contributed by atoms with E-state index in [0.29, 0.717) is 22.0 Å². The Hall–Kier alpha value is -1.80. The molecule has 2 N–H and O–H groups in total. The Balaban J connectivity index is 2.06. The average Bonchev–Trinajstić information content (AvgIpc) is 2.92. The second-order valence-electron chi connectivity index (χ2n) is 3.90. The monoisotopic (exact) mass is 305 g/mol. The van der Waals surface area contributed by atoms with E-state index < -0.39 is 0 Å². The molecule has 0 atom stereocenters. The van der Waals surface area contributed by atoms with E-state index in [4.69, 9.17) is 16.7 Å². The number of aliphatic hydroxyl groups excluding tert-OH is 1. The first-order valence-electron chi connectivity index (χ1n) is 5.91. The first kappa shape index (κ1) is 14.6. The van der Waals surface area contributed by atoms with E-state index in [9.17, 15) is 4.79 Å². The molecule has 0 unspecified atom stereocenters. The molecule has 1 aromatic carbocycles. The molecule has 1 aromatic heterocycles. The first-order valence-corrected chi connectivity index (χ1v) is 7.17. The van der Waals surface area contributed by atoms with Crippen LogP contribution < -0.4 is 5.32 Å². The molecule has 0 saturated heterocycles. The number of aliphatic hydroxyl groups is 1. The summed E-state index contributed by atoms with van der Waals surface area (Å²) in [5, 5.41) is 13.9. The molecule has 20 heavy (non-hydrogen) atoms. The molecular weight excluding hydrogens is 294 g/mol. The third-order valence-electron chi connectivity index (χ3n) is 2.57. The summed E-state index contributed by atoms with van der Waals surface area (Å²) in [6.07, 6.45) is 0. The van der Waals surface area contributed by atoms with E-state index in [1.165, 1.54) is 11.3 Å². The highest BCUT2D eigenvalue weighted by atomic mass is 35.5. The zero-order valence-corrected chi connectivity index (χ0v) is 12.1. The smallest absolute Gasteiger partial charge is 0.262 e. The number of hydrogen-bond donors (Lipinski definition) is 2. The second kappa shape index (κ2) is 7.11. The lowest BCUT2D eigenvalue weighted by atomic mass is 10.2. The molecule has 0 aliphatic carbocycles. The number of carbonyl (C=O) groups is 1. The molecule has 1 amide bonds. The van der Waals surface area contributed by atoms with Crippen LogP contribution in [0.4, 0.5) is 0 Å². The Labute approximate surface area is 126 Å². The van der Waals surface area contributed by atoms with Crippen LogP contribution in [0.3, 0.4) is 0 Å². The predicted octanol–water partition coefficient (Wildman–Crippen LogP) is 2.68. The lowest BCUT2D eigenvalue weighted by molar-refractivity contribution is 0.0955. The first-order chi connectivity index (χ1) is 9.72. The van der Waals surface area contributed by atoms with Gasteiger partial charge in [0.2, 0.25) is 0 Å². The molecule has 0 bridgehead atoms. The zero-order valence-electron chi connectivity index (χ0n) is 10.5. The van der Waals surface area contributed by atoms with Crippen LogP contribution in [0.15, 0.2) is 35.7 Å². The van der Waals surface area contributed by atoms with Gasteiger partial charge in [-0.3, -0.25) is 4.79 Å². The Kier molecular flexibility index (Phi) is 5.19. The SMILES string of the molecule is O=C(NCc1ccccc1Cl)c1sccc1C#CCO. The van der Waals surface area contributed by atoms with Crippen LogP contribution in [0.2, 0.25) is 5.02 Å². The predicted molar refractivity (Wildman–Crippen MR) is 80.9 cm³/mol. The van der Waals surface area contributed by atoms with Gasteiger partial charge in [0.15, 0.2) is 0 Å². The van der Waals surface area contributed by atoms with Gasteiger partial charge < -0.3 is 10.4 Å². The van der Waals surface area contributed by atoms with Crippen LogP contribution in [0.1, 0.15) is 20.8 Å². The van der Waals surface area contributed by atoms with Gasteiger partial charge in [-0.15, -0.1) is 11.3 Å². The van der Waals surface area contributed by atoms with Gasteiger partial charge in [0.05, 0.1) is 0 Å². The number of hydrogen-bond acceptors (Lipinski definition) is 3. The summed E-state index contributed by atoms with van der Waals surface area (Å²) in [4.78, 5) is 12.6. The largest absolute Gasteiger partial charge is 0.384 e. The van der Waals surface area contributed by atoms with Crippen molar-refractivity contribution >= 4 is 28.8 Å². The lowest BCUT2D eigenvalue weighted by Gasteiger charge is -2.06. The molecule has 0 aliphatic heterocycles. The average molecular weight is 306 g/mol. The molecule has 1 heterocycles. The van der Waals surface area contributed by atoms with Gasteiger partial charge in [0.25, 0.3) is 5.91 Å². The van der Waals surface area contributed by atoms with Crippen LogP contribution in [0.25, 0.3) is 0 Å². The summed E-state index contributed by atoms with van der Waals surface area (Å²) in [6, 6.07) is 9.12. The van der Waals surface area contributed by atoms with Gasteiger partial charge in [0.1, 0.15) is 11.5 Å². The molecular formula is C15H12ClNO2S. The normalized spacial score (nSPS) is 9.70. The highest BCUT2D eigenvalue weighted by molar-refractivity contribution is 7.12. The number of halogens is 1. The zero-order chi connectivity index (χ0) is 14.4. The Morgan fingerprint density at radius 2 is 2.15 bits per heavy atom. The minimum absolute atomic E-state index is 0.192. The maximum absolute atomic E-state index is 12.1. The number of benzene rings is 1. The molecule has 102 valence electrons. The van der Waals surface area contributed by atoms with Crippen molar-refractivity contribution in [1.82, 2.24) is 5.32 Å². The van der Waals surface area contributed by atoms with Gasteiger partial charge in [-0.2, -0.15) is 0 Å². The van der Waals surface area contributed by atoms with Gasteiger partial charge in [0, 0.05) is 17.1 Å². The Morgan fingerprint density at radius 1 is 1.35 bits per heavy atom. The van der Waals surface area contributed by atoms with Gasteiger partial charge in [-0.05, 0) is 23.1 Å². The second-order valence-corrected chi connectivity index (χ2v) is 5.22. The van der Waals surface area contributed by atoms with Gasteiger partial charge in [-0.25, -0.2) is 0 Å². The number of carbonyl (C=O) groups excluding carboxylic acids is 1. The maximum atomic E-state index is 12.1. The van der Waals surface area contributed by atoms with Gasteiger partial charge in [-0.1, -0.05) is 41.6 Å². The van der Waals surface area contributed by atoms with Crippen molar-refractivity contribution in [3.8, 4) is 11.8 Å². The summed E-state index contributed by atoms with van der Waals surface area (Å²) in [5.74, 6) is 5.10. The summed E-state index contributed by atoms with van der Waals surface area (Å²) in [6.45, 7) is 0.139. The number of rotatable bonds is 3. The van der Waals surface area contributed by atoms with Crippen molar-refractivity contribution in [2.75, 3.05) is 6.61 Å². The lowest BCUT2D eigenvalue weighted by Crippen LogP contribution is -2.22. The van der Waals surface area contributed by atoms with Crippen LogP contribution in [0, 0.1) is 11.8 Å². The molecule has 3 nitrogen and oxygen atoms in total. The standard InChI is InChI=1S/C15H12ClNO2S/c16-13-6-2-1-4-12(13)10-17-15(19)14-11(5-3-8-18)7-9-20-14/h1-2,4,6-7,9,18H,8,10H2,(H,17,19). The van der Waals surface area contributed by atoms with E-state index in [1.54, 1.807) is 17.5 Å².